The van der Waals surface area contributed by atoms with Crippen LogP contribution in [-0.4, -0.2) is 25.5 Å². The van der Waals surface area contributed by atoms with Crippen molar-refractivity contribution in [2.75, 3.05) is 0 Å². The van der Waals surface area contributed by atoms with Gasteiger partial charge in [-0.1, -0.05) is 42.5 Å². The van der Waals surface area contributed by atoms with Crippen LogP contribution < -0.4 is 5.32 Å². The number of amides is 1. The van der Waals surface area contributed by atoms with Gasteiger partial charge in [0.2, 0.25) is 0 Å². The zero-order valence-corrected chi connectivity index (χ0v) is 15.3. The number of nitrogens with zero attached hydrogens (tertiary/aromatic N) is 4. The molecule has 0 aliphatic rings. The number of aromatic nitrogens is 4. The Labute approximate surface area is 163 Å². The Morgan fingerprint density at radius 2 is 1.64 bits per heavy atom. The van der Waals surface area contributed by atoms with Gasteiger partial charge in [0.25, 0.3) is 5.91 Å². The Balaban J connectivity index is 1.52. The second-order valence-corrected chi connectivity index (χ2v) is 6.57. The zero-order chi connectivity index (χ0) is 19.2. The van der Waals surface area contributed by atoms with Crippen molar-refractivity contribution in [2.45, 2.75) is 19.1 Å². The molecule has 0 saturated carbocycles. The lowest BCUT2D eigenvalue weighted by Crippen LogP contribution is -2.31. The van der Waals surface area contributed by atoms with Gasteiger partial charge in [-0.25, -0.2) is 0 Å². The minimum Gasteiger partial charge on any atom is -0.343 e. The molecular formula is C22H21N5O. The van der Waals surface area contributed by atoms with E-state index >= 15 is 0 Å². The highest BCUT2D eigenvalue weighted by Gasteiger charge is 2.17. The first-order chi connectivity index (χ1) is 13.8. The minimum absolute atomic E-state index is 0.108. The van der Waals surface area contributed by atoms with Gasteiger partial charge in [0, 0.05) is 30.4 Å². The van der Waals surface area contributed by atoms with Gasteiger partial charge < -0.3 is 5.32 Å². The fraction of sp³-hybridized carbons (Fsp3) is 0.136. The second-order valence-electron chi connectivity index (χ2n) is 6.57. The van der Waals surface area contributed by atoms with Gasteiger partial charge in [0.15, 0.2) is 0 Å². The predicted molar refractivity (Wildman–Crippen MR) is 107 cm³/mol. The number of nitrogens with one attached hydrogen (secondary N) is 1. The molecule has 0 spiro atoms. The highest BCUT2D eigenvalue weighted by atomic mass is 16.1. The Hall–Kier alpha value is -3.67. The molecule has 6 heteroatoms. The third-order valence-electron chi connectivity index (χ3n) is 4.53. The van der Waals surface area contributed by atoms with Crippen LogP contribution in [0.1, 0.15) is 27.5 Å². The Morgan fingerprint density at radius 1 is 0.893 bits per heavy atom. The summed E-state index contributed by atoms with van der Waals surface area (Å²) >= 11 is 0. The monoisotopic (exact) mass is 371 g/mol. The Morgan fingerprint density at radius 3 is 2.36 bits per heavy atom. The van der Waals surface area contributed by atoms with E-state index in [1.165, 1.54) is 0 Å². The highest BCUT2D eigenvalue weighted by molar-refractivity contribution is 5.94. The lowest BCUT2D eigenvalue weighted by Gasteiger charge is -2.19. The number of benzene rings is 2. The first-order valence-electron chi connectivity index (χ1n) is 9.17. The zero-order valence-electron chi connectivity index (χ0n) is 15.3. The SMILES string of the molecule is O=C(N[C@H](Cn1cccn1)c1ccccc1)c1cccc(Cn2cccn2)c1. The first kappa shape index (κ1) is 17.7. The van der Waals surface area contributed by atoms with Crippen molar-refractivity contribution in [1.29, 1.82) is 0 Å². The summed E-state index contributed by atoms with van der Waals surface area (Å²) in [7, 11) is 0. The molecule has 1 N–H and O–H groups in total. The molecule has 28 heavy (non-hydrogen) atoms. The van der Waals surface area contributed by atoms with Gasteiger partial charge in [0.05, 0.1) is 19.1 Å². The van der Waals surface area contributed by atoms with Crippen molar-refractivity contribution in [1.82, 2.24) is 24.9 Å². The van der Waals surface area contributed by atoms with Crippen molar-refractivity contribution in [3.63, 3.8) is 0 Å². The summed E-state index contributed by atoms with van der Waals surface area (Å²) in [4.78, 5) is 12.9. The summed E-state index contributed by atoms with van der Waals surface area (Å²) in [6.07, 6.45) is 7.29. The summed E-state index contributed by atoms with van der Waals surface area (Å²) in [6.45, 7) is 1.19. The Kier molecular flexibility index (Phi) is 5.29. The fourth-order valence-corrected chi connectivity index (χ4v) is 3.15. The summed E-state index contributed by atoms with van der Waals surface area (Å²) < 4.78 is 3.66. The van der Waals surface area contributed by atoms with Gasteiger partial charge >= 0.3 is 0 Å². The smallest absolute Gasteiger partial charge is 0.251 e. The van der Waals surface area contributed by atoms with E-state index < -0.39 is 0 Å². The average Bonchev–Trinajstić information content (AvgIpc) is 3.43. The van der Waals surface area contributed by atoms with Crippen LogP contribution in [0.5, 0.6) is 0 Å². The van der Waals surface area contributed by atoms with Gasteiger partial charge in [0.1, 0.15) is 0 Å². The van der Waals surface area contributed by atoms with Crippen molar-refractivity contribution in [3.8, 4) is 0 Å². The molecule has 0 saturated heterocycles. The second kappa shape index (κ2) is 8.35. The molecule has 0 fully saturated rings. The predicted octanol–water partition coefficient (Wildman–Crippen LogP) is 3.30. The van der Waals surface area contributed by atoms with Crippen LogP contribution in [0, 0.1) is 0 Å². The quantitative estimate of drug-likeness (QED) is 0.542. The van der Waals surface area contributed by atoms with Gasteiger partial charge in [-0.3, -0.25) is 14.2 Å². The van der Waals surface area contributed by atoms with E-state index in [1.54, 1.807) is 12.4 Å². The van der Waals surface area contributed by atoms with Crippen molar-refractivity contribution in [2.24, 2.45) is 0 Å². The van der Waals surface area contributed by atoms with Crippen molar-refractivity contribution >= 4 is 5.91 Å². The van der Waals surface area contributed by atoms with E-state index in [0.717, 1.165) is 11.1 Å². The molecule has 0 radical (unpaired) electrons. The molecule has 1 amide bonds. The van der Waals surface area contributed by atoms with Crippen molar-refractivity contribution < 1.29 is 4.79 Å². The lowest BCUT2D eigenvalue weighted by atomic mass is 10.1. The third-order valence-corrected chi connectivity index (χ3v) is 4.53. The Bertz CT molecular complexity index is 1010. The van der Waals surface area contributed by atoms with E-state index in [1.807, 2.05) is 88.5 Å². The summed E-state index contributed by atoms with van der Waals surface area (Å²) in [6, 6.07) is 21.2. The summed E-state index contributed by atoms with van der Waals surface area (Å²) in [5.74, 6) is -0.108. The lowest BCUT2D eigenvalue weighted by molar-refractivity contribution is 0.0931. The van der Waals surface area contributed by atoms with Crippen LogP contribution in [0.2, 0.25) is 0 Å². The van der Waals surface area contributed by atoms with E-state index in [4.69, 9.17) is 0 Å². The molecule has 0 aliphatic heterocycles. The van der Waals surface area contributed by atoms with Crippen LogP contribution in [0.4, 0.5) is 0 Å². The number of rotatable bonds is 7. The topological polar surface area (TPSA) is 64.7 Å². The van der Waals surface area contributed by atoms with Crippen LogP contribution in [-0.2, 0) is 13.1 Å². The van der Waals surface area contributed by atoms with Crippen LogP contribution in [0.25, 0.3) is 0 Å². The third kappa shape index (κ3) is 4.35. The standard InChI is InChI=1S/C22H21N5O/c28-22(20-10-4-7-18(15-20)16-26-13-5-11-23-26)25-21(17-27-14-6-12-24-27)19-8-2-1-3-9-19/h1-15,21H,16-17H2,(H,25,28)/t21-/m1/s1. The van der Waals surface area contributed by atoms with E-state index in [9.17, 15) is 4.79 Å². The van der Waals surface area contributed by atoms with Gasteiger partial charge in [-0.05, 0) is 35.4 Å². The largest absolute Gasteiger partial charge is 0.343 e. The normalized spacial score (nSPS) is 11.9. The van der Waals surface area contributed by atoms with E-state index in [2.05, 4.69) is 15.5 Å². The maximum Gasteiger partial charge on any atom is 0.251 e. The van der Waals surface area contributed by atoms with E-state index in [0.29, 0.717) is 18.7 Å². The molecule has 4 rings (SSSR count). The molecule has 0 unspecified atom stereocenters. The van der Waals surface area contributed by atoms with Crippen LogP contribution in [0.15, 0.2) is 91.5 Å². The number of hydrogen-bond acceptors (Lipinski definition) is 3. The molecule has 6 nitrogen and oxygen atoms in total. The molecule has 0 bridgehead atoms. The summed E-state index contributed by atoms with van der Waals surface area (Å²) in [5, 5.41) is 11.6. The van der Waals surface area contributed by atoms with Gasteiger partial charge in [-0.15, -0.1) is 0 Å². The van der Waals surface area contributed by atoms with E-state index in [-0.39, 0.29) is 11.9 Å². The molecule has 1 atom stereocenters. The number of carbonyl (C=O) groups excluding carboxylic acids is 1. The highest BCUT2D eigenvalue weighted by Crippen LogP contribution is 2.16. The van der Waals surface area contributed by atoms with Crippen LogP contribution in [0.3, 0.4) is 0 Å². The molecular weight excluding hydrogens is 350 g/mol. The molecule has 0 aliphatic carbocycles. The molecule has 2 aromatic heterocycles. The molecule has 2 aromatic carbocycles. The summed E-state index contributed by atoms with van der Waals surface area (Å²) in [5.41, 5.74) is 2.70. The van der Waals surface area contributed by atoms with Gasteiger partial charge in [-0.2, -0.15) is 10.2 Å². The molecule has 2 heterocycles. The number of hydrogen-bond donors (Lipinski definition) is 1. The first-order valence-corrected chi connectivity index (χ1v) is 9.17. The van der Waals surface area contributed by atoms with Crippen LogP contribution >= 0.6 is 0 Å². The maximum absolute atomic E-state index is 12.9. The minimum atomic E-state index is -0.177. The number of carbonyl (C=O) groups is 1. The molecule has 4 aromatic rings. The maximum atomic E-state index is 12.9. The average molecular weight is 371 g/mol. The van der Waals surface area contributed by atoms with Crippen molar-refractivity contribution in [3.05, 3.63) is 108 Å². The molecule has 140 valence electrons. The fourth-order valence-electron chi connectivity index (χ4n) is 3.15.